The second-order valence-corrected chi connectivity index (χ2v) is 8.80. The number of aromatic nitrogens is 2. The Bertz CT molecular complexity index is 1220. The maximum absolute atomic E-state index is 14.0. The molecule has 33 heavy (non-hydrogen) atoms. The molecule has 1 aromatic carbocycles. The minimum absolute atomic E-state index is 0.0687. The van der Waals surface area contributed by atoms with Crippen molar-refractivity contribution in [1.29, 1.82) is 0 Å². The van der Waals surface area contributed by atoms with E-state index >= 15 is 0 Å². The smallest absolute Gasteiger partial charge is 0.306 e. The molecule has 0 spiro atoms. The molecule has 2 aliphatic rings. The molecule has 8 heteroatoms. The zero-order valence-corrected chi connectivity index (χ0v) is 18.3. The van der Waals surface area contributed by atoms with Crippen LogP contribution in [0, 0.1) is 18.7 Å². The van der Waals surface area contributed by atoms with Crippen molar-refractivity contribution in [3.63, 3.8) is 0 Å². The zero-order chi connectivity index (χ0) is 23.1. The van der Waals surface area contributed by atoms with E-state index in [0.717, 1.165) is 29.5 Å². The lowest BCUT2D eigenvalue weighted by atomic mass is 9.82. The number of phenols is 1. The number of aliphatic carboxylic acids is 1. The lowest BCUT2D eigenvalue weighted by Crippen LogP contribution is -2.38. The fourth-order valence-electron chi connectivity index (χ4n) is 4.62. The van der Waals surface area contributed by atoms with Crippen LogP contribution in [0.5, 0.6) is 11.6 Å². The van der Waals surface area contributed by atoms with Gasteiger partial charge < -0.3 is 19.7 Å². The summed E-state index contributed by atoms with van der Waals surface area (Å²) in [4.78, 5) is 20.6. The molecular weight excluding hydrogens is 427 g/mol. The highest BCUT2D eigenvalue weighted by molar-refractivity contribution is 6.00. The zero-order valence-electron chi connectivity index (χ0n) is 18.3. The molecule has 1 saturated carbocycles. The number of ether oxygens (including phenoxy) is 2. The normalized spacial score (nSPS) is 21.0. The van der Waals surface area contributed by atoms with Crippen LogP contribution in [0.3, 0.4) is 0 Å². The molecule has 3 heterocycles. The highest BCUT2D eigenvalue weighted by Crippen LogP contribution is 2.43. The topological polar surface area (TPSA) is 102 Å². The maximum Gasteiger partial charge on any atom is 0.306 e. The minimum atomic E-state index is -0.818. The largest absolute Gasteiger partial charge is 0.508 e. The average molecular weight is 452 g/mol. The summed E-state index contributed by atoms with van der Waals surface area (Å²) in [7, 11) is 0. The van der Waals surface area contributed by atoms with Crippen LogP contribution in [0.2, 0.25) is 0 Å². The van der Waals surface area contributed by atoms with Gasteiger partial charge in [0.15, 0.2) is 0 Å². The van der Waals surface area contributed by atoms with E-state index in [0.29, 0.717) is 48.7 Å². The summed E-state index contributed by atoms with van der Waals surface area (Å²) in [5.74, 6) is -1.05. The molecule has 0 bridgehead atoms. The Morgan fingerprint density at radius 3 is 2.58 bits per heavy atom. The summed E-state index contributed by atoms with van der Waals surface area (Å²) in [6.45, 7) is 2.87. The van der Waals surface area contributed by atoms with Gasteiger partial charge in [0.2, 0.25) is 5.88 Å². The Morgan fingerprint density at radius 1 is 1.12 bits per heavy atom. The predicted octanol–water partition coefficient (Wildman–Crippen LogP) is 4.59. The summed E-state index contributed by atoms with van der Waals surface area (Å²) >= 11 is 0. The number of carboxylic acid groups (broad SMARTS) is 1. The fraction of sp³-hybridized carbons (Fsp3) is 0.400. The van der Waals surface area contributed by atoms with Crippen molar-refractivity contribution in [3.05, 3.63) is 47.5 Å². The Labute approximate surface area is 190 Å². The van der Waals surface area contributed by atoms with Gasteiger partial charge in [-0.05, 0) is 68.3 Å². The molecule has 2 N–H and O–H groups in total. The lowest BCUT2D eigenvalue weighted by molar-refractivity contribution is -0.148. The van der Waals surface area contributed by atoms with Crippen LogP contribution in [0.4, 0.5) is 4.39 Å². The first kappa shape index (κ1) is 21.6. The predicted molar refractivity (Wildman–Crippen MR) is 119 cm³/mol. The van der Waals surface area contributed by atoms with Gasteiger partial charge in [-0.15, -0.1) is 0 Å². The minimum Gasteiger partial charge on any atom is -0.508 e. The van der Waals surface area contributed by atoms with Crippen molar-refractivity contribution >= 4 is 16.7 Å². The van der Waals surface area contributed by atoms with Gasteiger partial charge >= 0.3 is 5.97 Å². The van der Waals surface area contributed by atoms with Gasteiger partial charge in [0, 0.05) is 30.1 Å². The number of fused-ring (bicyclic) bond motifs is 1. The van der Waals surface area contributed by atoms with E-state index in [-0.39, 0.29) is 23.6 Å². The number of halogens is 1. The third-order valence-electron chi connectivity index (χ3n) is 6.59. The van der Waals surface area contributed by atoms with Crippen molar-refractivity contribution in [2.75, 3.05) is 13.2 Å². The molecule has 172 valence electrons. The summed E-state index contributed by atoms with van der Waals surface area (Å²) < 4.78 is 25.7. The van der Waals surface area contributed by atoms with Crippen LogP contribution in [0.25, 0.3) is 22.0 Å². The van der Waals surface area contributed by atoms with Crippen molar-refractivity contribution in [1.82, 2.24) is 9.97 Å². The molecule has 1 aliphatic heterocycles. The SMILES string of the molecule is Cc1nc(-c2c(C3CCOCC3)nc(O[C@H]3C[C@H](C(=O)O)C3)c3cc(O)ccc23)ccc1F. The second kappa shape index (κ2) is 8.59. The number of carbonyl (C=O) groups is 1. The Morgan fingerprint density at radius 2 is 1.88 bits per heavy atom. The Hall–Kier alpha value is -3.26. The van der Waals surface area contributed by atoms with Crippen molar-refractivity contribution in [3.8, 4) is 22.9 Å². The number of aryl methyl sites for hydroxylation is 1. The first-order valence-corrected chi connectivity index (χ1v) is 11.2. The van der Waals surface area contributed by atoms with Crippen LogP contribution in [-0.2, 0) is 9.53 Å². The van der Waals surface area contributed by atoms with Gasteiger partial charge in [0.25, 0.3) is 0 Å². The first-order chi connectivity index (χ1) is 15.9. The molecule has 3 aromatic rings. The van der Waals surface area contributed by atoms with Crippen LogP contribution >= 0.6 is 0 Å². The van der Waals surface area contributed by atoms with E-state index < -0.39 is 11.9 Å². The summed E-state index contributed by atoms with van der Waals surface area (Å²) in [6, 6.07) is 8.06. The van der Waals surface area contributed by atoms with Crippen LogP contribution in [0.1, 0.15) is 43.0 Å². The number of aromatic hydroxyl groups is 1. The highest BCUT2D eigenvalue weighted by atomic mass is 19.1. The Balaban J connectivity index is 1.67. The number of carboxylic acids is 1. The number of benzene rings is 1. The fourth-order valence-corrected chi connectivity index (χ4v) is 4.62. The van der Waals surface area contributed by atoms with Crippen molar-refractivity contribution in [2.24, 2.45) is 5.92 Å². The number of hydrogen-bond donors (Lipinski definition) is 2. The lowest BCUT2D eigenvalue weighted by Gasteiger charge is -2.33. The number of pyridine rings is 2. The molecular formula is C25H25FN2O5. The van der Waals surface area contributed by atoms with E-state index in [9.17, 15) is 19.4 Å². The van der Waals surface area contributed by atoms with Gasteiger partial charge in [-0.3, -0.25) is 4.79 Å². The quantitative estimate of drug-likeness (QED) is 0.584. The number of rotatable bonds is 5. The molecule has 7 nitrogen and oxygen atoms in total. The molecule has 0 amide bonds. The van der Waals surface area contributed by atoms with Crippen LogP contribution in [0.15, 0.2) is 30.3 Å². The van der Waals surface area contributed by atoms with Crippen LogP contribution in [-0.4, -0.2) is 45.5 Å². The Kier molecular flexibility index (Phi) is 5.62. The molecule has 2 aromatic heterocycles. The van der Waals surface area contributed by atoms with Gasteiger partial charge in [0.05, 0.1) is 23.0 Å². The molecule has 0 atom stereocenters. The molecule has 1 saturated heterocycles. The van der Waals surface area contributed by atoms with E-state index in [4.69, 9.17) is 14.5 Å². The van der Waals surface area contributed by atoms with Gasteiger partial charge in [0.1, 0.15) is 17.7 Å². The molecule has 1 aliphatic carbocycles. The monoisotopic (exact) mass is 452 g/mol. The maximum atomic E-state index is 14.0. The summed E-state index contributed by atoms with van der Waals surface area (Å²) in [5.41, 5.74) is 2.51. The van der Waals surface area contributed by atoms with E-state index in [1.54, 1.807) is 31.2 Å². The van der Waals surface area contributed by atoms with Crippen molar-refractivity contribution < 1.29 is 28.9 Å². The van der Waals surface area contributed by atoms with Gasteiger partial charge in [-0.1, -0.05) is 0 Å². The van der Waals surface area contributed by atoms with Crippen molar-refractivity contribution in [2.45, 2.75) is 44.6 Å². The molecule has 0 unspecified atom stereocenters. The molecule has 5 rings (SSSR count). The van der Waals surface area contributed by atoms with E-state index in [2.05, 4.69) is 4.98 Å². The standard InChI is InChI=1S/C25H25FN2O5/c1-13-20(26)4-5-21(27-13)22-18-3-2-16(29)12-19(18)24(33-17-10-15(11-17)25(30)31)28-23(22)14-6-8-32-9-7-14/h2-5,12,14-15,17,29H,6-11H2,1H3,(H,30,31)/t15-,17-. The first-order valence-electron chi connectivity index (χ1n) is 11.2. The third kappa shape index (κ3) is 4.11. The van der Waals surface area contributed by atoms with Crippen LogP contribution < -0.4 is 4.74 Å². The third-order valence-corrected chi connectivity index (χ3v) is 6.59. The second-order valence-electron chi connectivity index (χ2n) is 8.80. The van der Waals surface area contributed by atoms with Gasteiger partial charge in [-0.25, -0.2) is 14.4 Å². The molecule has 0 radical (unpaired) electrons. The highest BCUT2D eigenvalue weighted by Gasteiger charge is 2.37. The number of phenolic OH excluding ortho intramolecular Hbond substituents is 1. The average Bonchev–Trinajstić information content (AvgIpc) is 2.77. The summed E-state index contributed by atoms with van der Waals surface area (Å²) in [5, 5.41) is 20.8. The van der Waals surface area contributed by atoms with E-state index in [1.165, 1.54) is 6.07 Å². The van der Waals surface area contributed by atoms with E-state index in [1.807, 2.05) is 0 Å². The summed E-state index contributed by atoms with van der Waals surface area (Å²) in [6.07, 6.45) is 2.17. The van der Waals surface area contributed by atoms with Gasteiger partial charge in [-0.2, -0.15) is 0 Å². The number of hydrogen-bond acceptors (Lipinski definition) is 6. The molecule has 2 fully saturated rings. The number of nitrogens with zero attached hydrogens (tertiary/aromatic N) is 2.